The van der Waals surface area contributed by atoms with Gasteiger partial charge >= 0.3 is 0 Å². The van der Waals surface area contributed by atoms with Crippen LogP contribution in [-0.2, 0) is 14.8 Å². The van der Waals surface area contributed by atoms with Gasteiger partial charge in [0, 0.05) is 10.5 Å². The topological polar surface area (TPSA) is 81.7 Å². The third-order valence-corrected chi connectivity index (χ3v) is 5.71. The fourth-order valence-corrected chi connectivity index (χ4v) is 4.17. The summed E-state index contributed by atoms with van der Waals surface area (Å²) in [6, 6.07) is 11.5. The van der Waals surface area contributed by atoms with E-state index >= 15 is 0 Å². The summed E-state index contributed by atoms with van der Waals surface area (Å²) in [7, 11) is -3.95. The van der Waals surface area contributed by atoms with E-state index < -0.39 is 15.9 Å². The van der Waals surface area contributed by atoms with Crippen molar-refractivity contribution in [3.05, 3.63) is 58.6 Å². The summed E-state index contributed by atoms with van der Waals surface area (Å²) in [5.74, 6) is 0.490. The third-order valence-electron chi connectivity index (χ3n) is 3.35. The Balaban J connectivity index is 1.72. The molecule has 0 saturated heterocycles. The Morgan fingerprint density at radius 1 is 1.08 bits per heavy atom. The second kappa shape index (κ2) is 7.28. The molecule has 0 saturated carbocycles. The van der Waals surface area contributed by atoms with Gasteiger partial charge in [-0.15, -0.1) is 0 Å². The van der Waals surface area contributed by atoms with Crippen LogP contribution in [-0.4, -0.2) is 27.5 Å². The van der Waals surface area contributed by atoms with Crippen LogP contribution in [0.15, 0.2) is 57.9 Å². The highest BCUT2D eigenvalue weighted by molar-refractivity contribution is 9.10. The standard InChI is InChI=1S/C17H14BrNO5S/c18-13-3-1-2-4-16(13)25(21,22)19-17(20)8-6-12-5-7-14-15(11-12)24-10-9-23-14/h1-8,11H,9-10H2,(H,19,20)/b8-6+. The van der Waals surface area contributed by atoms with E-state index in [4.69, 9.17) is 9.47 Å². The van der Waals surface area contributed by atoms with Crippen molar-refractivity contribution in [2.24, 2.45) is 0 Å². The molecule has 3 rings (SSSR count). The monoisotopic (exact) mass is 423 g/mol. The van der Waals surface area contributed by atoms with Crippen LogP contribution in [0.5, 0.6) is 11.5 Å². The van der Waals surface area contributed by atoms with E-state index in [0.717, 1.165) is 6.08 Å². The second-order valence-corrected chi connectivity index (χ2v) is 7.64. The largest absolute Gasteiger partial charge is 0.486 e. The Kier molecular flexibility index (Phi) is 5.10. The number of hydrogen-bond acceptors (Lipinski definition) is 5. The maximum atomic E-state index is 12.2. The number of rotatable bonds is 4. The minimum atomic E-state index is -3.95. The lowest BCUT2D eigenvalue weighted by Gasteiger charge is -2.18. The normalized spacial score (nSPS) is 13.6. The highest BCUT2D eigenvalue weighted by Gasteiger charge is 2.19. The van der Waals surface area contributed by atoms with Gasteiger partial charge in [-0.25, -0.2) is 13.1 Å². The van der Waals surface area contributed by atoms with Gasteiger partial charge in [-0.2, -0.15) is 0 Å². The number of nitrogens with one attached hydrogen (secondary N) is 1. The molecule has 2 aromatic rings. The average Bonchev–Trinajstić information content (AvgIpc) is 2.59. The van der Waals surface area contributed by atoms with Gasteiger partial charge in [0.2, 0.25) is 0 Å². The maximum Gasteiger partial charge on any atom is 0.265 e. The van der Waals surface area contributed by atoms with Crippen molar-refractivity contribution >= 4 is 37.9 Å². The van der Waals surface area contributed by atoms with Crippen molar-refractivity contribution in [3.63, 3.8) is 0 Å². The summed E-state index contributed by atoms with van der Waals surface area (Å²) >= 11 is 3.16. The van der Waals surface area contributed by atoms with Gasteiger partial charge in [-0.1, -0.05) is 18.2 Å². The number of benzene rings is 2. The van der Waals surface area contributed by atoms with Crippen LogP contribution < -0.4 is 14.2 Å². The zero-order chi connectivity index (χ0) is 17.9. The Labute approximate surface area is 153 Å². The fraction of sp³-hybridized carbons (Fsp3) is 0.118. The zero-order valence-electron chi connectivity index (χ0n) is 12.9. The lowest BCUT2D eigenvalue weighted by Crippen LogP contribution is -2.29. The van der Waals surface area contributed by atoms with Crippen LogP contribution in [0.1, 0.15) is 5.56 Å². The van der Waals surface area contributed by atoms with E-state index in [-0.39, 0.29) is 4.90 Å². The first-order valence-corrected chi connectivity index (χ1v) is 9.62. The molecule has 0 unspecified atom stereocenters. The van der Waals surface area contributed by atoms with Crippen molar-refractivity contribution in [2.45, 2.75) is 4.90 Å². The van der Waals surface area contributed by atoms with Gasteiger partial charge in [0.15, 0.2) is 11.5 Å². The molecule has 1 amide bonds. The van der Waals surface area contributed by atoms with Crippen molar-refractivity contribution < 1.29 is 22.7 Å². The van der Waals surface area contributed by atoms with Crippen LogP contribution in [0.25, 0.3) is 6.08 Å². The minimum absolute atomic E-state index is 0.00363. The van der Waals surface area contributed by atoms with Gasteiger partial charge in [0.1, 0.15) is 18.1 Å². The third kappa shape index (κ3) is 4.21. The molecule has 1 heterocycles. The molecule has 2 aromatic carbocycles. The maximum absolute atomic E-state index is 12.2. The van der Waals surface area contributed by atoms with Gasteiger partial charge in [0.25, 0.3) is 15.9 Å². The van der Waals surface area contributed by atoms with E-state index in [0.29, 0.717) is 34.7 Å². The smallest absolute Gasteiger partial charge is 0.265 e. The van der Waals surface area contributed by atoms with Crippen molar-refractivity contribution in [2.75, 3.05) is 13.2 Å². The molecule has 1 N–H and O–H groups in total. The Morgan fingerprint density at radius 3 is 2.56 bits per heavy atom. The van der Waals surface area contributed by atoms with Crippen molar-refractivity contribution in [1.82, 2.24) is 4.72 Å². The highest BCUT2D eigenvalue weighted by atomic mass is 79.9. The van der Waals surface area contributed by atoms with Gasteiger partial charge in [0.05, 0.1) is 0 Å². The molecular formula is C17H14BrNO5S. The first kappa shape index (κ1) is 17.5. The van der Waals surface area contributed by atoms with E-state index in [2.05, 4.69) is 15.9 Å². The van der Waals surface area contributed by atoms with Gasteiger partial charge in [-0.3, -0.25) is 4.79 Å². The number of sulfonamides is 1. The number of fused-ring (bicyclic) bond motifs is 1. The molecule has 8 heteroatoms. The number of hydrogen-bond donors (Lipinski definition) is 1. The van der Waals surface area contributed by atoms with E-state index in [1.807, 2.05) is 4.72 Å². The molecule has 0 atom stereocenters. The Hall–Kier alpha value is -2.32. The predicted molar refractivity (Wildman–Crippen MR) is 95.9 cm³/mol. The molecule has 0 aliphatic carbocycles. The lowest BCUT2D eigenvalue weighted by atomic mass is 10.2. The van der Waals surface area contributed by atoms with Gasteiger partial charge in [-0.05, 0) is 51.8 Å². The van der Waals surface area contributed by atoms with Crippen LogP contribution in [0.4, 0.5) is 0 Å². The van der Waals surface area contributed by atoms with E-state index in [1.165, 1.54) is 12.1 Å². The molecule has 6 nitrogen and oxygen atoms in total. The average molecular weight is 424 g/mol. The summed E-state index contributed by atoms with van der Waals surface area (Å²) in [6.45, 7) is 0.961. The number of ether oxygens (including phenoxy) is 2. The molecule has 1 aliphatic rings. The Morgan fingerprint density at radius 2 is 1.80 bits per heavy atom. The number of halogens is 1. The highest BCUT2D eigenvalue weighted by Crippen LogP contribution is 2.31. The Bertz CT molecular complexity index is 940. The van der Waals surface area contributed by atoms with E-state index in [1.54, 1.807) is 36.4 Å². The molecule has 0 aromatic heterocycles. The van der Waals surface area contributed by atoms with Crippen LogP contribution in [0.2, 0.25) is 0 Å². The predicted octanol–water partition coefficient (Wildman–Crippen LogP) is 2.74. The summed E-state index contributed by atoms with van der Waals surface area (Å²) in [6.07, 6.45) is 2.66. The first-order valence-electron chi connectivity index (χ1n) is 7.35. The second-order valence-electron chi connectivity index (χ2n) is 5.14. The van der Waals surface area contributed by atoms with Crippen molar-refractivity contribution in [3.8, 4) is 11.5 Å². The molecule has 0 fully saturated rings. The number of carbonyl (C=O) groups excluding carboxylic acids is 1. The molecule has 0 bridgehead atoms. The quantitative estimate of drug-likeness (QED) is 0.764. The molecule has 0 spiro atoms. The summed E-state index contributed by atoms with van der Waals surface area (Å²) < 4.78 is 37.7. The minimum Gasteiger partial charge on any atom is -0.486 e. The number of amides is 1. The van der Waals surface area contributed by atoms with E-state index in [9.17, 15) is 13.2 Å². The SMILES string of the molecule is O=C(/C=C/c1ccc2c(c1)OCCO2)NS(=O)(=O)c1ccccc1Br. The summed E-state index contributed by atoms with van der Waals surface area (Å²) in [4.78, 5) is 12.0. The molecule has 0 radical (unpaired) electrons. The zero-order valence-corrected chi connectivity index (χ0v) is 15.3. The first-order chi connectivity index (χ1) is 12.0. The number of carbonyl (C=O) groups is 1. The molecule has 25 heavy (non-hydrogen) atoms. The molecular weight excluding hydrogens is 410 g/mol. The van der Waals surface area contributed by atoms with Crippen LogP contribution in [0.3, 0.4) is 0 Å². The van der Waals surface area contributed by atoms with Crippen molar-refractivity contribution in [1.29, 1.82) is 0 Å². The molecule has 1 aliphatic heterocycles. The fourth-order valence-electron chi connectivity index (χ4n) is 2.22. The van der Waals surface area contributed by atoms with Crippen LogP contribution in [0, 0.1) is 0 Å². The van der Waals surface area contributed by atoms with Gasteiger partial charge < -0.3 is 9.47 Å². The molecule has 130 valence electrons. The summed E-state index contributed by atoms with van der Waals surface area (Å²) in [5, 5.41) is 0. The summed E-state index contributed by atoms with van der Waals surface area (Å²) in [5.41, 5.74) is 0.692. The van der Waals surface area contributed by atoms with Crippen LogP contribution >= 0.6 is 15.9 Å². The lowest BCUT2D eigenvalue weighted by molar-refractivity contribution is -0.114.